The summed E-state index contributed by atoms with van der Waals surface area (Å²) in [6.07, 6.45) is 3.05. The molecule has 1 aliphatic carbocycles. The standard InChI is InChI=1S/C33H38N2O6/c1-3-39-33(38)27-13-19-30(20-14-27)41-29-17-11-26(12-18-29)32(37)35-22-21-34-31(36)25-9-15-28(16-10-25)40-23(2)24-7-5-4-6-8-24/h4-12,15-18,23,27,30H,3,13-14,19-22H2,1-2H3,(H,34,36)(H,35,37)/t23-,27-,30+/m1/s1. The van der Waals surface area contributed by atoms with E-state index in [1.54, 1.807) is 48.5 Å². The summed E-state index contributed by atoms with van der Waals surface area (Å²) >= 11 is 0. The van der Waals surface area contributed by atoms with Crippen molar-refractivity contribution in [3.8, 4) is 11.5 Å². The molecule has 4 rings (SSSR count). The molecular weight excluding hydrogens is 520 g/mol. The van der Waals surface area contributed by atoms with Gasteiger partial charge < -0.3 is 24.8 Å². The minimum atomic E-state index is -0.227. The topological polar surface area (TPSA) is 103 Å². The minimum Gasteiger partial charge on any atom is -0.490 e. The van der Waals surface area contributed by atoms with E-state index in [0.29, 0.717) is 42.3 Å². The third-order valence-corrected chi connectivity index (χ3v) is 7.11. The van der Waals surface area contributed by atoms with Crippen LogP contribution in [-0.4, -0.2) is 43.6 Å². The lowest BCUT2D eigenvalue weighted by atomic mass is 9.87. The van der Waals surface area contributed by atoms with Crippen LogP contribution in [-0.2, 0) is 9.53 Å². The molecule has 216 valence electrons. The second kappa shape index (κ2) is 14.9. The van der Waals surface area contributed by atoms with Crippen LogP contribution in [0.1, 0.15) is 71.9 Å². The quantitative estimate of drug-likeness (QED) is 0.225. The summed E-state index contributed by atoms with van der Waals surface area (Å²) in [4.78, 5) is 36.9. The van der Waals surface area contributed by atoms with Gasteiger partial charge in [-0.05, 0) is 93.6 Å². The Kier molecular flexibility index (Phi) is 10.8. The number of hydrogen-bond donors (Lipinski definition) is 2. The number of carbonyl (C=O) groups is 3. The van der Waals surface area contributed by atoms with Gasteiger partial charge in [0.2, 0.25) is 0 Å². The van der Waals surface area contributed by atoms with Gasteiger partial charge in [-0.25, -0.2) is 0 Å². The maximum atomic E-state index is 12.5. The lowest BCUT2D eigenvalue weighted by Crippen LogP contribution is -2.34. The number of nitrogens with one attached hydrogen (secondary N) is 2. The van der Waals surface area contributed by atoms with Crippen LogP contribution in [0.4, 0.5) is 0 Å². The summed E-state index contributed by atoms with van der Waals surface area (Å²) in [5.41, 5.74) is 2.10. The predicted molar refractivity (Wildman–Crippen MR) is 156 cm³/mol. The third-order valence-electron chi connectivity index (χ3n) is 7.11. The lowest BCUT2D eigenvalue weighted by molar-refractivity contribution is -0.149. The fourth-order valence-corrected chi connectivity index (χ4v) is 4.79. The molecule has 3 aromatic carbocycles. The predicted octanol–water partition coefficient (Wildman–Crippen LogP) is 5.49. The van der Waals surface area contributed by atoms with Crippen molar-refractivity contribution in [1.82, 2.24) is 10.6 Å². The van der Waals surface area contributed by atoms with E-state index in [1.165, 1.54) is 0 Å². The first-order valence-corrected chi connectivity index (χ1v) is 14.2. The van der Waals surface area contributed by atoms with Crippen LogP contribution in [0.15, 0.2) is 78.9 Å². The van der Waals surface area contributed by atoms with Crippen molar-refractivity contribution in [2.45, 2.75) is 51.7 Å². The van der Waals surface area contributed by atoms with Gasteiger partial charge in [0.1, 0.15) is 17.6 Å². The summed E-state index contributed by atoms with van der Waals surface area (Å²) in [5.74, 6) is 0.770. The normalized spacial score (nSPS) is 17.1. The zero-order valence-corrected chi connectivity index (χ0v) is 23.6. The van der Waals surface area contributed by atoms with Crippen molar-refractivity contribution < 1.29 is 28.6 Å². The number of amides is 2. The highest BCUT2D eigenvalue weighted by Gasteiger charge is 2.28. The van der Waals surface area contributed by atoms with Crippen molar-refractivity contribution in [3.63, 3.8) is 0 Å². The molecule has 41 heavy (non-hydrogen) atoms. The molecule has 1 fully saturated rings. The zero-order valence-electron chi connectivity index (χ0n) is 23.6. The highest BCUT2D eigenvalue weighted by atomic mass is 16.5. The molecule has 1 atom stereocenters. The van der Waals surface area contributed by atoms with Gasteiger partial charge in [-0.15, -0.1) is 0 Å². The van der Waals surface area contributed by atoms with E-state index >= 15 is 0 Å². The molecule has 1 saturated carbocycles. The molecule has 0 radical (unpaired) electrons. The second-order valence-electron chi connectivity index (χ2n) is 10.1. The number of esters is 1. The first-order chi connectivity index (χ1) is 19.9. The van der Waals surface area contributed by atoms with E-state index in [4.69, 9.17) is 14.2 Å². The van der Waals surface area contributed by atoms with Crippen LogP contribution in [0, 0.1) is 5.92 Å². The molecule has 0 bridgehead atoms. The van der Waals surface area contributed by atoms with Gasteiger partial charge in [-0.2, -0.15) is 0 Å². The van der Waals surface area contributed by atoms with Crippen LogP contribution >= 0.6 is 0 Å². The highest BCUT2D eigenvalue weighted by Crippen LogP contribution is 2.29. The summed E-state index contributed by atoms with van der Waals surface area (Å²) in [6, 6.07) is 23.9. The summed E-state index contributed by atoms with van der Waals surface area (Å²) in [6.45, 7) is 4.80. The molecule has 0 spiro atoms. The average Bonchev–Trinajstić information content (AvgIpc) is 3.00. The van der Waals surface area contributed by atoms with Gasteiger partial charge in [0.25, 0.3) is 11.8 Å². The molecule has 0 aromatic heterocycles. The average molecular weight is 559 g/mol. The number of ether oxygens (including phenoxy) is 3. The van der Waals surface area contributed by atoms with Crippen molar-refractivity contribution >= 4 is 17.8 Å². The number of rotatable bonds is 12. The van der Waals surface area contributed by atoms with Gasteiger partial charge in [-0.1, -0.05) is 30.3 Å². The Morgan fingerprint density at radius 2 is 1.29 bits per heavy atom. The maximum Gasteiger partial charge on any atom is 0.308 e. The molecule has 0 heterocycles. The van der Waals surface area contributed by atoms with Crippen molar-refractivity contribution in [3.05, 3.63) is 95.6 Å². The lowest BCUT2D eigenvalue weighted by Gasteiger charge is -2.27. The number of carbonyl (C=O) groups excluding carboxylic acids is 3. The van der Waals surface area contributed by atoms with E-state index in [0.717, 1.165) is 31.2 Å². The highest BCUT2D eigenvalue weighted by molar-refractivity contribution is 5.95. The first-order valence-electron chi connectivity index (χ1n) is 14.2. The molecule has 8 nitrogen and oxygen atoms in total. The van der Waals surface area contributed by atoms with Crippen LogP contribution in [0.2, 0.25) is 0 Å². The van der Waals surface area contributed by atoms with Crippen molar-refractivity contribution in [2.24, 2.45) is 5.92 Å². The van der Waals surface area contributed by atoms with Gasteiger partial charge in [0.15, 0.2) is 0 Å². The minimum absolute atomic E-state index is 0.0418. The Labute approximate surface area is 241 Å². The maximum absolute atomic E-state index is 12.5. The monoisotopic (exact) mass is 558 g/mol. The number of benzene rings is 3. The fraction of sp³-hybridized carbons (Fsp3) is 0.364. The van der Waals surface area contributed by atoms with E-state index in [1.807, 2.05) is 44.2 Å². The van der Waals surface area contributed by atoms with Crippen LogP contribution < -0.4 is 20.1 Å². The smallest absolute Gasteiger partial charge is 0.308 e. The Balaban J connectivity index is 1.14. The largest absolute Gasteiger partial charge is 0.490 e. The van der Waals surface area contributed by atoms with E-state index in [2.05, 4.69) is 10.6 Å². The molecule has 0 unspecified atom stereocenters. The Bertz CT molecular complexity index is 1270. The summed E-state index contributed by atoms with van der Waals surface area (Å²) in [7, 11) is 0. The van der Waals surface area contributed by atoms with E-state index in [-0.39, 0.29) is 35.9 Å². The number of hydrogen-bond acceptors (Lipinski definition) is 6. The molecule has 8 heteroatoms. The first kappa shape index (κ1) is 29.6. The third kappa shape index (κ3) is 8.83. The van der Waals surface area contributed by atoms with Gasteiger partial charge in [-0.3, -0.25) is 14.4 Å². The Morgan fingerprint density at radius 3 is 1.83 bits per heavy atom. The van der Waals surface area contributed by atoms with Crippen LogP contribution in [0.3, 0.4) is 0 Å². The Morgan fingerprint density at radius 1 is 0.756 bits per heavy atom. The Hall–Kier alpha value is -4.33. The molecular formula is C33H38N2O6. The van der Waals surface area contributed by atoms with E-state index < -0.39 is 0 Å². The molecule has 1 aliphatic rings. The molecule has 2 amide bonds. The summed E-state index contributed by atoms with van der Waals surface area (Å²) in [5, 5.41) is 5.64. The van der Waals surface area contributed by atoms with Crippen LogP contribution in [0.5, 0.6) is 11.5 Å². The molecule has 2 N–H and O–H groups in total. The summed E-state index contributed by atoms with van der Waals surface area (Å²) < 4.78 is 17.1. The SMILES string of the molecule is CCOC(=O)[C@H]1CC[C@@H](Oc2ccc(C(=O)NCCNC(=O)c3ccc(O[C@H](C)c4ccccc4)cc3)cc2)CC1. The van der Waals surface area contributed by atoms with Crippen molar-refractivity contribution in [1.29, 1.82) is 0 Å². The van der Waals surface area contributed by atoms with Crippen molar-refractivity contribution in [2.75, 3.05) is 19.7 Å². The zero-order chi connectivity index (χ0) is 29.0. The van der Waals surface area contributed by atoms with Gasteiger partial charge in [0.05, 0.1) is 18.6 Å². The van der Waals surface area contributed by atoms with Gasteiger partial charge in [0, 0.05) is 24.2 Å². The van der Waals surface area contributed by atoms with Crippen LogP contribution in [0.25, 0.3) is 0 Å². The van der Waals surface area contributed by atoms with Gasteiger partial charge >= 0.3 is 5.97 Å². The molecule has 0 saturated heterocycles. The molecule has 0 aliphatic heterocycles. The fourth-order valence-electron chi connectivity index (χ4n) is 4.79. The molecule has 3 aromatic rings. The van der Waals surface area contributed by atoms with E-state index in [9.17, 15) is 14.4 Å². The second-order valence-corrected chi connectivity index (χ2v) is 10.1.